The molecule has 5 heteroatoms. The zero-order chi connectivity index (χ0) is 13.9. The fourth-order valence-electron chi connectivity index (χ4n) is 3.04. The average Bonchev–Trinajstić information content (AvgIpc) is 2.79. The third kappa shape index (κ3) is 2.83. The van der Waals surface area contributed by atoms with Crippen LogP contribution in [0, 0.1) is 0 Å². The number of hydrogen-bond donors (Lipinski definition) is 0. The van der Waals surface area contributed by atoms with Crippen LogP contribution in [0.4, 0.5) is 0 Å². The summed E-state index contributed by atoms with van der Waals surface area (Å²) in [6, 6.07) is 6.81. The van der Waals surface area contributed by atoms with Gasteiger partial charge in [0.25, 0.3) is 0 Å². The van der Waals surface area contributed by atoms with Crippen molar-refractivity contribution >= 4 is 11.0 Å². The van der Waals surface area contributed by atoms with Crippen LogP contribution in [-0.4, -0.2) is 53.3 Å². The maximum absolute atomic E-state index is 4.84. The maximum Gasteiger partial charge on any atom is 0.139 e. The number of rotatable bonds is 3. The summed E-state index contributed by atoms with van der Waals surface area (Å²) in [7, 11) is 4.37. The highest BCUT2D eigenvalue weighted by atomic mass is 16.6. The Morgan fingerprint density at radius 3 is 3.00 bits per heavy atom. The third-order valence-electron chi connectivity index (χ3n) is 4.28. The molecule has 0 bridgehead atoms. The Balaban J connectivity index is 1.70. The third-order valence-corrected chi connectivity index (χ3v) is 4.28. The van der Waals surface area contributed by atoms with Crippen molar-refractivity contribution < 1.29 is 4.63 Å². The lowest BCUT2D eigenvalue weighted by atomic mass is 10.1. The van der Waals surface area contributed by atoms with E-state index in [-0.39, 0.29) is 0 Å². The van der Waals surface area contributed by atoms with Crippen molar-refractivity contribution in [2.75, 3.05) is 27.2 Å². The van der Waals surface area contributed by atoms with Crippen molar-refractivity contribution in [2.24, 2.45) is 0 Å². The Morgan fingerprint density at radius 1 is 1.25 bits per heavy atom. The van der Waals surface area contributed by atoms with Crippen LogP contribution in [0.25, 0.3) is 11.0 Å². The van der Waals surface area contributed by atoms with E-state index < -0.39 is 0 Å². The van der Waals surface area contributed by atoms with Crippen molar-refractivity contribution in [1.29, 1.82) is 0 Å². The van der Waals surface area contributed by atoms with E-state index >= 15 is 0 Å². The van der Waals surface area contributed by atoms with E-state index in [1.165, 1.54) is 24.8 Å². The number of nitrogens with zero attached hydrogens (tertiary/aromatic N) is 4. The molecule has 108 valence electrons. The van der Waals surface area contributed by atoms with E-state index in [1.807, 2.05) is 12.1 Å². The van der Waals surface area contributed by atoms with Gasteiger partial charge in [0, 0.05) is 12.6 Å². The molecule has 0 spiro atoms. The van der Waals surface area contributed by atoms with E-state index in [9.17, 15) is 0 Å². The van der Waals surface area contributed by atoms with Crippen LogP contribution in [0.5, 0.6) is 0 Å². The highest BCUT2D eigenvalue weighted by Crippen LogP contribution is 2.20. The van der Waals surface area contributed by atoms with Gasteiger partial charge in [0.15, 0.2) is 0 Å². The molecule has 1 aromatic heterocycles. The molecule has 1 aromatic carbocycles. The summed E-state index contributed by atoms with van der Waals surface area (Å²) in [5.74, 6) is 0. The SMILES string of the molecule is CN(C)C1CCCN(Cc2cccc3nonc23)CC1. The summed E-state index contributed by atoms with van der Waals surface area (Å²) in [5, 5.41) is 7.94. The molecule has 1 saturated heterocycles. The lowest BCUT2D eigenvalue weighted by Crippen LogP contribution is -2.30. The summed E-state index contributed by atoms with van der Waals surface area (Å²) in [4.78, 5) is 4.87. The predicted molar refractivity (Wildman–Crippen MR) is 78.4 cm³/mol. The molecule has 1 atom stereocenters. The fraction of sp³-hybridized carbons (Fsp3) is 0.600. The largest absolute Gasteiger partial charge is 0.306 e. The highest BCUT2D eigenvalue weighted by molar-refractivity contribution is 5.76. The van der Waals surface area contributed by atoms with Gasteiger partial charge < -0.3 is 4.90 Å². The van der Waals surface area contributed by atoms with Crippen LogP contribution in [0.1, 0.15) is 24.8 Å². The van der Waals surface area contributed by atoms with E-state index in [2.05, 4.69) is 40.3 Å². The molecule has 2 aromatic rings. The molecule has 0 saturated carbocycles. The molecule has 2 heterocycles. The number of hydrogen-bond acceptors (Lipinski definition) is 5. The van der Waals surface area contributed by atoms with Crippen molar-refractivity contribution in [3.05, 3.63) is 23.8 Å². The van der Waals surface area contributed by atoms with E-state index in [0.717, 1.165) is 30.7 Å². The van der Waals surface area contributed by atoms with Crippen LogP contribution in [0.3, 0.4) is 0 Å². The number of likely N-dealkylation sites (tertiary alicyclic amines) is 1. The van der Waals surface area contributed by atoms with Gasteiger partial charge in [0.1, 0.15) is 11.0 Å². The van der Waals surface area contributed by atoms with Crippen molar-refractivity contribution in [3.63, 3.8) is 0 Å². The van der Waals surface area contributed by atoms with Crippen LogP contribution in [0.15, 0.2) is 22.8 Å². The lowest BCUT2D eigenvalue weighted by molar-refractivity contribution is 0.245. The van der Waals surface area contributed by atoms with Gasteiger partial charge in [-0.25, -0.2) is 4.63 Å². The molecule has 0 N–H and O–H groups in total. The molecule has 1 fully saturated rings. The first-order chi connectivity index (χ1) is 9.74. The molecule has 1 aliphatic heterocycles. The highest BCUT2D eigenvalue weighted by Gasteiger charge is 2.19. The second-order valence-corrected chi connectivity index (χ2v) is 5.87. The van der Waals surface area contributed by atoms with Crippen molar-refractivity contribution in [2.45, 2.75) is 31.8 Å². The molecule has 5 nitrogen and oxygen atoms in total. The standard InChI is InChI=1S/C15H22N4O/c1-18(2)13-6-4-9-19(10-8-13)11-12-5-3-7-14-15(12)17-20-16-14/h3,5,7,13H,4,6,8-11H2,1-2H3. The van der Waals surface area contributed by atoms with E-state index in [1.54, 1.807) is 0 Å². The van der Waals surface area contributed by atoms with E-state index in [4.69, 9.17) is 4.63 Å². The zero-order valence-electron chi connectivity index (χ0n) is 12.2. The summed E-state index contributed by atoms with van der Waals surface area (Å²) < 4.78 is 4.84. The van der Waals surface area contributed by atoms with E-state index in [0.29, 0.717) is 6.04 Å². The Kier molecular flexibility index (Phi) is 3.98. The summed E-state index contributed by atoms with van der Waals surface area (Å²) in [6.07, 6.45) is 3.79. The number of benzene rings is 1. The first-order valence-electron chi connectivity index (χ1n) is 7.33. The molecule has 0 radical (unpaired) electrons. The fourth-order valence-corrected chi connectivity index (χ4v) is 3.04. The second-order valence-electron chi connectivity index (χ2n) is 5.87. The van der Waals surface area contributed by atoms with Gasteiger partial charge in [0.2, 0.25) is 0 Å². The topological polar surface area (TPSA) is 45.4 Å². The number of aromatic nitrogens is 2. The Labute approximate surface area is 119 Å². The van der Waals surface area contributed by atoms with Crippen LogP contribution < -0.4 is 0 Å². The van der Waals surface area contributed by atoms with Crippen LogP contribution in [0.2, 0.25) is 0 Å². The van der Waals surface area contributed by atoms with Gasteiger partial charge >= 0.3 is 0 Å². The first-order valence-corrected chi connectivity index (χ1v) is 7.33. The first kappa shape index (κ1) is 13.5. The smallest absolute Gasteiger partial charge is 0.139 e. The van der Waals surface area contributed by atoms with Crippen molar-refractivity contribution in [3.8, 4) is 0 Å². The molecule has 0 aliphatic carbocycles. The minimum atomic E-state index is 0.713. The summed E-state index contributed by atoms with van der Waals surface area (Å²) in [5.41, 5.74) is 2.97. The maximum atomic E-state index is 4.84. The Hall–Kier alpha value is -1.46. The molecule has 1 unspecified atom stereocenters. The monoisotopic (exact) mass is 274 g/mol. The predicted octanol–water partition coefficient (Wildman–Crippen LogP) is 2.14. The van der Waals surface area contributed by atoms with Gasteiger partial charge in [-0.15, -0.1) is 0 Å². The number of fused-ring (bicyclic) bond motifs is 1. The normalized spacial score (nSPS) is 21.4. The van der Waals surface area contributed by atoms with Crippen molar-refractivity contribution in [1.82, 2.24) is 20.1 Å². The Morgan fingerprint density at radius 2 is 2.15 bits per heavy atom. The summed E-state index contributed by atoms with van der Waals surface area (Å²) >= 11 is 0. The Bertz CT molecular complexity index is 566. The molecular weight excluding hydrogens is 252 g/mol. The van der Waals surface area contributed by atoms with Gasteiger partial charge in [-0.3, -0.25) is 4.90 Å². The van der Waals surface area contributed by atoms with Crippen LogP contribution >= 0.6 is 0 Å². The molecular formula is C15H22N4O. The quantitative estimate of drug-likeness (QED) is 0.858. The molecule has 0 amide bonds. The minimum Gasteiger partial charge on any atom is -0.306 e. The minimum absolute atomic E-state index is 0.713. The molecule has 1 aliphatic rings. The van der Waals surface area contributed by atoms with Gasteiger partial charge in [-0.1, -0.05) is 12.1 Å². The van der Waals surface area contributed by atoms with Gasteiger partial charge in [-0.05, 0) is 68.4 Å². The summed E-state index contributed by atoms with van der Waals surface area (Å²) in [6.45, 7) is 3.24. The van der Waals surface area contributed by atoms with Crippen LogP contribution in [-0.2, 0) is 6.54 Å². The average molecular weight is 274 g/mol. The molecule has 3 rings (SSSR count). The second kappa shape index (κ2) is 5.89. The lowest BCUT2D eigenvalue weighted by Gasteiger charge is -2.23. The van der Waals surface area contributed by atoms with Gasteiger partial charge in [0.05, 0.1) is 0 Å². The molecule has 20 heavy (non-hydrogen) atoms. The zero-order valence-corrected chi connectivity index (χ0v) is 12.2. The van der Waals surface area contributed by atoms with Gasteiger partial charge in [-0.2, -0.15) is 0 Å².